The van der Waals surface area contributed by atoms with E-state index in [2.05, 4.69) is 4.74 Å². The van der Waals surface area contributed by atoms with Gasteiger partial charge in [0.05, 0.1) is 17.4 Å². The van der Waals surface area contributed by atoms with Crippen molar-refractivity contribution in [3.05, 3.63) is 34.9 Å². The normalized spacial score (nSPS) is 12.0. The van der Waals surface area contributed by atoms with Crippen molar-refractivity contribution in [3.8, 4) is 5.75 Å². The van der Waals surface area contributed by atoms with Crippen molar-refractivity contribution >= 4 is 20.9 Å². The van der Waals surface area contributed by atoms with Crippen molar-refractivity contribution in [1.29, 1.82) is 0 Å². The Morgan fingerprint density at radius 1 is 0.826 bits per heavy atom. The minimum absolute atomic E-state index is 0.420. The number of hydrogen-bond donors (Lipinski definition) is 1. The Balaban J connectivity index is 3.30. The van der Waals surface area contributed by atoms with Crippen LogP contribution in [0.25, 0.3) is 10.8 Å². The molecule has 23 heavy (non-hydrogen) atoms. The largest absolute Gasteiger partial charge is 0.490 e. The van der Waals surface area contributed by atoms with Gasteiger partial charge in [0.1, 0.15) is 4.90 Å². The van der Waals surface area contributed by atoms with E-state index in [0.29, 0.717) is 0 Å². The van der Waals surface area contributed by atoms with Crippen molar-refractivity contribution in [2.75, 3.05) is 6.61 Å². The van der Waals surface area contributed by atoms with Crippen LogP contribution in [0.4, 0.5) is 26.3 Å². The Hall–Kier alpha value is -2.01. The minimum atomic E-state index is -5.65. The lowest BCUT2D eigenvalue weighted by Crippen LogP contribution is -2.11. The SMILES string of the molecule is CCOc1c(F)c(F)c(S(=O)(=O)O)c2c(F)c(F)c(F)c(F)c12. The summed E-state index contributed by atoms with van der Waals surface area (Å²) < 4.78 is 118. The van der Waals surface area contributed by atoms with E-state index in [9.17, 15) is 34.8 Å². The summed E-state index contributed by atoms with van der Waals surface area (Å²) in [5, 5.41) is -3.19. The standard InChI is InChI=1S/C12H6F6O4S/c1-2-22-11-3-4(6(14)8(16)7(15)5(3)13)12(23(19,20)21)10(18)9(11)17/h2H2,1H3,(H,19,20,21). The molecule has 0 atom stereocenters. The van der Waals surface area contributed by atoms with Crippen LogP contribution < -0.4 is 4.74 Å². The lowest BCUT2D eigenvalue weighted by Gasteiger charge is -2.15. The maximum atomic E-state index is 13.9. The second-order valence-electron chi connectivity index (χ2n) is 4.20. The second kappa shape index (κ2) is 5.57. The third-order valence-electron chi connectivity index (χ3n) is 2.86. The Morgan fingerprint density at radius 2 is 1.30 bits per heavy atom. The molecule has 0 aliphatic heterocycles. The van der Waals surface area contributed by atoms with Crippen LogP contribution in [0, 0.1) is 34.9 Å². The Labute approximate surface area is 125 Å². The van der Waals surface area contributed by atoms with Gasteiger partial charge in [0.2, 0.25) is 5.82 Å². The lowest BCUT2D eigenvalue weighted by molar-refractivity contribution is 0.314. The quantitative estimate of drug-likeness (QED) is 0.395. The molecule has 0 amide bonds. The van der Waals surface area contributed by atoms with Crippen LogP contribution in [-0.2, 0) is 10.1 Å². The first kappa shape index (κ1) is 17.3. The first-order valence-corrected chi connectivity index (χ1v) is 7.24. The third-order valence-corrected chi connectivity index (χ3v) is 3.76. The highest BCUT2D eigenvalue weighted by molar-refractivity contribution is 7.86. The van der Waals surface area contributed by atoms with E-state index in [1.807, 2.05) is 0 Å². The number of hydrogen-bond acceptors (Lipinski definition) is 3. The highest BCUT2D eigenvalue weighted by Crippen LogP contribution is 2.41. The van der Waals surface area contributed by atoms with E-state index in [4.69, 9.17) is 4.55 Å². The molecule has 0 aromatic heterocycles. The van der Waals surface area contributed by atoms with Gasteiger partial charge in [-0.2, -0.15) is 12.8 Å². The maximum Gasteiger partial charge on any atom is 0.298 e. The zero-order valence-electron chi connectivity index (χ0n) is 11.1. The molecule has 0 aliphatic rings. The van der Waals surface area contributed by atoms with Gasteiger partial charge in [0.15, 0.2) is 34.8 Å². The Morgan fingerprint density at radius 3 is 1.74 bits per heavy atom. The number of rotatable bonds is 3. The number of fused-ring (bicyclic) bond motifs is 1. The van der Waals surface area contributed by atoms with Crippen molar-refractivity contribution in [3.63, 3.8) is 0 Å². The smallest absolute Gasteiger partial charge is 0.298 e. The summed E-state index contributed by atoms with van der Waals surface area (Å²) in [6.45, 7) is 0.810. The van der Waals surface area contributed by atoms with Crippen molar-refractivity contribution in [2.45, 2.75) is 11.8 Å². The number of halogens is 6. The summed E-state index contributed by atoms with van der Waals surface area (Å²) in [4.78, 5) is -2.07. The van der Waals surface area contributed by atoms with Crippen LogP contribution in [0.1, 0.15) is 6.92 Å². The molecule has 0 aliphatic carbocycles. The lowest BCUT2D eigenvalue weighted by atomic mass is 10.1. The molecular weight excluding hydrogens is 354 g/mol. The molecule has 0 unspecified atom stereocenters. The molecular formula is C12H6F6O4S. The van der Waals surface area contributed by atoms with E-state index >= 15 is 0 Å². The molecule has 0 heterocycles. The van der Waals surface area contributed by atoms with Gasteiger partial charge < -0.3 is 4.74 Å². The molecule has 4 nitrogen and oxygen atoms in total. The monoisotopic (exact) mass is 360 g/mol. The molecule has 2 aromatic rings. The summed E-state index contributed by atoms with van der Waals surface area (Å²) >= 11 is 0. The predicted octanol–water partition coefficient (Wildman–Crippen LogP) is 3.32. The average molecular weight is 360 g/mol. The molecule has 1 N–H and O–H groups in total. The second-order valence-corrected chi connectivity index (χ2v) is 5.56. The van der Waals surface area contributed by atoms with E-state index in [1.54, 1.807) is 0 Å². The van der Waals surface area contributed by atoms with Crippen molar-refractivity contribution in [1.82, 2.24) is 0 Å². The molecule has 0 saturated carbocycles. The van der Waals surface area contributed by atoms with E-state index in [0.717, 1.165) is 0 Å². The molecule has 0 bridgehead atoms. The van der Waals surface area contributed by atoms with Gasteiger partial charge in [-0.05, 0) is 6.92 Å². The van der Waals surface area contributed by atoms with Crippen LogP contribution >= 0.6 is 0 Å². The van der Waals surface area contributed by atoms with Gasteiger partial charge in [-0.15, -0.1) is 0 Å². The van der Waals surface area contributed by atoms with Crippen LogP contribution in [0.2, 0.25) is 0 Å². The van der Waals surface area contributed by atoms with Crippen LogP contribution in [0.3, 0.4) is 0 Å². The molecule has 0 spiro atoms. The number of ether oxygens (including phenoxy) is 1. The fourth-order valence-corrected chi connectivity index (χ4v) is 2.76. The first-order valence-electron chi connectivity index (χ1n) is 5.80. The fourth-order valence-electron chi connectivity index (χ4n) is 2.00. The highest BCUT2D eigenvalue weighted by Gasteiger charge is 2.35. The average Bonchev–Trinajstić information content (AvgIpc) is 2.46. The van der Waals surface area contributed by atoms with Crippen LogP contribution in [0.15, 0.2) is 4.90 Å². The summed E-state index contributed by atoms with van der Waals surface area (Å²) in [6, 6.07) is 0. The van der Waals surface area contributed by atoms with Crippen LogP contribution in [0.5, 0.6) is 5.75 Å². The molecule has 2 aromatic carbocycles. The molecule has 11 heteroatoms. The maximum absolute atomic E-state index is 13.9. The zero-order valence-corrected chi connectivity index (χ0v) is 11.9. The van der Waals surface area contributed by atoms with Gasteiger partial charge in [0.25, 0.3) is 10.1 Å². The van der Waals surface area contributed by atoms with Gasteiger partial charge in [-0.3, -0.25) is 4.55 Å². The van der Waals surface area contributed by atoms with Crippen molar-refractivity contribution < 1.29 is 44.0 Å². The fraction of sp³-hybridized carbons (Fsp3) is 0.167. The van der Waals surface area contributed by atoms with Gasteiger partial charge in [0, 0.05) is 0 Å². The first-order chi connectivity index (χ1) is 10.5. The van der Waals surface area contributed by atoms with Gasteiger partial charge in [-0.25, -0.2) is 22.0 Å². The van der Waals surface area contributed by atoms with Gasteiger partial charge >= 0.3 is 0 Å². The van der Waals surface area contributed by atoms with Crippen molar-refractivity contribution in [2.24, 2.45) is 0 Å². The molecule has 2 rings (SSSR count). The topological polar surface area (TPSA) is 63.6 Å². The Bertz CT molecular complexity index is 926. The van der Waals surface area contributed by atoms with E-state index in [1.165, 1.54) is 6.92 Å². The summed E-state index contributed by atoms with van der Waals surface area (Å²) in [5.74, 6) is -15.2. The summed E-state index contributed by atoms with van der Waals surface area (Å²) in [5.41, 5.74) is 0. The highest BCUT2D eigenvalue weighted by atomic mass is 32.2. The minimum Gasteiger partial charge on any atom is -0.490 e. The number of benzene rings is 2. The third kappa shape index (κ3) is 2.49. The molecule has 0 saturated heterocycles. The predicted molar refractivity (Wildman–Crippen MR) is 64.7 cm³/mol. The molecule has 0 radical (unpaired) electrons. The van der Waals surface area contributed by atoms with Gasteiger partial charge in [-0.1, -0.05) is 0 Å². The molecule has 0 fully saturated rings. The summed E-state index contributed by atoms with van der Waals surface area (Å²) in [7, 11) is -5.65. The van der Waals surface area contributed by atoms with E-state index in [-0.39, 0.29) is 0 Å². The Kier molecular flexibility index (Phi) is 4.20. The van der Waals surface area contributed by atoms with E-state index < -0.39 is 73.0 Å². The zero-order chi connectivity index (χ0) is 17.7. The summed E-state index contributed by atoms with van der Waals surface area (Å²) in [6.07, 6.45) is 0. The molecule has 126 valence electrons. The van der Waals surface area contributed by atoms with Crippen LogP contribution in [-0.4, -0.2) is 19.6 Å².